The second kappa shape index (κ2) is 13.9. The van der Waals surface area contributed by atoms with Crippen LogP contribution in [0.25, 0.3) is 4.85 Å². The van der Waals surface area contributed by atoms with Crippen LogP contribution in [0.5, 0.6) is 11.5 Å². The molecule has 5 rings (SSSR count). The van der Waals surface area contributed by atoms with Crippen molar-refractivity contribution in [2.45, 2.75) is 45.1 Å². The minimum absolute atomic E-state index is 0.0685. The van der Waals surface area contributed by atoms with E-state index in [1.165, 1.54) is 23.1 Å². The molecule has 4 aromatic rings. The van der Waals surface area contributed by atoms with Crippen LogP contribution in [0.1, 0.15) is 47.6 Å². The third-order valence-electron chi connectivity index (χ3n) is 7.53. The summed E-state index contributed by atoms with van der Waals surface area (Å²) in [5, 5.41) is 6.14. The van der Waals surface area contributed by atoms with E-state index in [9.17, 15) is 18.4 Å². The molecular formula is C35H32F2N4O4. The Bertz CT molecular complexity index is 1710. The van der Waals surface area contributed by atoms with E-state index in [4.69, 9.17) is 16.0 Å². The van der Waals surface area contributed by atoms with Gasteiger partial charge in [0.1, 0.15) is 24.1 Å². The highest BCUT2D eigenvalue weighted by molar-refractivity contribution is 5.92. The van der Waals surface area contributed by atoms with E-state index in [0.29, 0.717) is 40.5 Å². The number of alkyl halides is 2. The van der Waals surface area contributed by atoms with Crippen molar-refractivity contribution < 1.29 is 27.8 Å². The smallest absolute Gasteiger partial charge is 0.387 e. The van der Waals surface area contributed by atoms with Crippen molar-refractivity contribution >= 4 is 28.9 Å². The lowest BCUT2D eigenvalue weighted by Crippen LogP contribution is -2.35. The third kappa shape index (κ3) is 7.75. The Hall–Kier alpha value is -5.43. The fourth-order valence-corrected chi connectivity index (χ4v) is 5.23. The van der Waals surface area contributed by atoms with Crippen LogP contribution >= 0.6 is 0 Å². The molecule has 4 bridgehead atoms. The van der Waals surface area contributed by atoms with Gasteiger partial charge in [-0.15, -0.1) is 0 Å². The van der Waals surface area contributed by atoms with Crippen molar-refractivity contribution in [1.82, 2.24) is 4.90 Å². The summed E-state index contributed by atoms with van der Waals surface area (Å²) < 4.78 is 37.4. The van der Waals surface area contributed by atoms with E-state index in [1.807, 2.05) is 43.3 Å². The lowest BCUT2D eigenvalue weighted by atomic mass is 9.92. The molecule has 10 heteroatoms. The van der Waals surface area contributed by atoms with Crippen molar-refractivity contribution in [3.63, 3.8) is 0 Å². The third-order valence-corrected chi connectivity index (χ3v) is 7.53. The number of benzene rings is 4. The van der Waals surface area contributed by atoms with Crippen LogP contribution in [-0.2, 0) is 22.7 Å². The number of amides is 2. The molecule has 0 saturated carbocycles. The molecule has 0 radical (unpaired) electrons. The maximum absolute atomic E-state index is 14.1. The Morgan fingerprint density at radius 3 is 2.44 bits per heavy atom. The zero-order valence-electron chi connectivity index (χ0n) is 24.8. The monoisotopic (exact) mass is 610 g/mol. The maximum atomic E-state index is 14.1. The second-order valence-electron chi connectivity index (χ2n) is 10.9. The van der Waals surface area contributed by atoms with Crippen molar-refractivity contribution in [3.8, 4) is 11.5 Å². The zero-order chi connectivity index (χ0) is 31.9. The second-order valence-corrected chi connectivity index (χ2v) is 10.9. The Kier molecular flexibility index (Phi) is 9.58. The minimum atomic E-state index is -3.06. The van der Waals surface area contributed by atoms with Gasteiger partial charge in [0.05, 0.1) is 6.57 Å². The highest BCUT2D eigenvalue weighted by atomic mass is 19.3. The Balaban J connectivity index is 1.57. The van der Waals surface area contributed by atoms with Gasteiger partial charge in [0.15, 0.2) is 5.69 Å². The van der Waals surface area contributed by atoms with Gasteiger partial charge in [0.25, 0.3) is 0 Å². The van der Waals surface area contributed by atoms with Crippen LogP contribution in [0.4, 0.5) is 25.8 Å². The van der Waals surface area contributed by atoms with Gasteiger partial charge >= 0.3 is 6.61 Å². The van der Waals surface area contributed by atoms with Crippen LogP contribution in [0.2, 0.25) is 0 Å². The number of ether oxygens (including phenoxy) is 2. The molecule has 0 spiro atoms. The summed E-state index contributed by atoms with van der Waals surface area (Å²) in [5.74, 6) is -0.427. The molecule has 4 aromatic carbocycles. The number of hydrogen-bond donors (Lipinski definition) is 2. The summed E-state index contributed by atoms with van der Waals surface area (Å²) >= 11 is 0. The van der Waals surface area contributed by atoms with E-state index < -0.39 is 12.7 Å². The number of nitrogens with zero attached hydrogens (tertiary/aromatic N) is 2. The van der Waals surface area contributed by atoms with Gasteiger partial charge in [-0.05, 0) is 65.1 Å². The van der Waals surface area contributed by atoms with E-state index in [0.717, 1.165) is 11.1 Å². The van der Waals surface area contributed by atoms with E-state index >= 15 is 0 Å². The summed E-state index contributed by atoms with van der Waals surface area (Å²) in [6, 6.07) is 25.4. The number of likely N-dealkylation sites (N-methyl/N-ethyl adjacent to an activating group) is 1. The van der Waals surface area contributed by atoms with Gasteiger partial charge in [-0.3, -0.25) is 9.59 Å². The number of carbonyl (C=O) groups is 2. The van der Waals surface area contributed by atoms with Gasteiger partial charge in [0.2, 0.25) is 11.8 Å². The highest BCUT2D eigenvalue weighted by Gasteiger charge is 2.28. The zero-order valence-corrected chi connectivity index (χ0v) is 24.8. The predicted molar refractivity (Wildman–Crippen MR) is 167 cm³/mol. The molecule has 1 aliphatic heterocycles. The molecule has 230 valence electrons. The Morgan fingerprint density at radius 1 is 1.00 bits per heavy atom. The Labute approximate surface area is 260 Å². The molecule has 0 aliphatic carbocycles. The van der Waals surface area contributed by atoms with Crippen LogP contribution < -0.4 is 20.1 Å². The quantitative estimate of drug-likeness (QED) is 0.210. The summed E-state index contributed by atoms with van der Waals surface area (Å²) in [6.45, 7) is 6.35. The molecule has 0 fully saturated rings. The molecule has 45 heavy (non-hydrogen) atoms. The summed E-state index contributed by atoms with van der Waals surface area (Å²) in [4.78, 5) is 32.2. The number of hydrogen-bond acceptors (Lipinski definition) is 5. The molecule has 2 N–H and O–H groups in total. The first-order chi connectivity index (χ1) is 21.7. The standard InChI is InChI=1S/C35H32F2N4O4/c1-22-17-32(42)39-28-14-16-30(45-35(36)37)25(18-28)20-41(3)34(43)33(40-27-12-10-26(38-2)11-13-27)24-9-15-31(29(22)19-24)44-21-23-7-5-4-6-8-23/h4-16,18-19,22,33,35,40H,17,20-21H2,1,3H3,(H,39,42)/t22-,33-/m1/s1. The molecule has 0 saturated heterocycles. The average Bonchev–Trinajstić information content (AvgIpc) is 3.03. The molecule has 1 heterocycles. The normalized spacial score (nSPS) is 16.8. The average molecular weight is 611 g/mol. The number of nitrogens with one attached hydrogen (secondary N) is 2. The van der Waals surface area contributed by atoms with Crippen molar-refractivity contribution in [2.24, 2.45) is 0 Å². The molecule has 8 nitrogen and oxygen atoms in total. The van der Waals surface area contributed by atoms with Gasteiger partial charge in [-0.1, -0.05) is 55.5 Å². The molecule has 0 aromatic heterocycles. The largest absolute Gasteiger partial charge is 0.489 e. The number of rotatable bonds is 7. The first-order valence-electron chi connectivity index (χ1n) is 14.4. The van der Waals surface area contributed by atoms with Crippen molar-refractivity contribution in [1.29, 1.82) is 0 Å². The van der Waals surface area contributed by atoms with Crippen LogP contribution in [-0.4, -0.2) is 30.4 Å². The van der Waals surface area contributed by atoms with E-state index in [1.54, 1.807) is 43.4 Å². The molecule has 1 aliphatic rings. The van der Waals surface area contributed by atoms with Crippen molar-refractivity contribution in [2.75, 3.05) is 17.7 Å². The van der Waals surface area contributed by atoms with Gasteiger partial charge in [-0.25, -0.2) is 4.85 Å². The maximum Gasteiger partial charge on any atom is 0.387 e. The summed E-state index contributed by atoms with van der Waals surface area (Å²) in [5.41, 5.74) is 4.11. The number of anilines is 2. The summed E-state index contributed by atoms with van der Waals surface area (Å²) in [7, 11) is 1.57. The van der Waals surface area contributed by atoms with Crippen molar-refractivity contribution in [3.05, 3.63) is 125 Å². The number of fused-ring (bicyclic) bond motifs is 4. The topological polar surface area (TPSA) is 84.3 Å². The first-order valence-corrected chi connectivity index (χ1v) is 14.4. The molecule has 2 atom stereocenters. The fraction of sp³-hybridized carbons (Fsp3) is 0.229. The highest BCUT2D eigenvalue weighted by Crippen LogP contribution is 2.35. The molecular weight excluding hydrogens is 578 g/mol. The van der Waals surface area contributed by atoms with Gasteiger partial charge < -0.3 is 25.0 Å². The molecule has 0 unspecified atom stereocenters. The first kappa shape index (κ1) is 31.0. The predicted octanol–water partition coefficient (Wildman–Crippen LogP) is 7.68. The number of halogens is 2. The van der Waals surface area contributed by atoms with Crippen LogP contribution in [0.3, 0.4) is 0 Å². The van der Waals surface area contributed by atoms with E-state index in [2.05, 4.69) is 15.5 Å². The summed E-state index contributed by atoms with van der Waals surface area (Å²) in [6.07, 6.45) is 0.0970. The lowest BCUT2D eigenvalue weighted by molar-refractivity contribution is -0.131. The van der Waals surface area contributed by atoms with Gasteiger partial charge in [0, 0.05) is 37.0 Å². The number of carbonyl (C=O) groups excluding carboxylic acids is 2. The Morgan fingerprint density at radius 2 is 1.73 bits per heavy atom. The molecule has 2 amide bonds. The van der Waals surface area contributed by atoms with Crippen LogP contribution in [0.15, 0.2) is 91.0 Å². The van der Waals surface area contributed by atoms with Crippen LogP contribution in [0, 0.1) is 6.57 Å². The van der Waals surface area contributed by atoms with E-state index in [-0.39, 0.29) is 36.4 Å². The minimum Gasteiger partial charge on any atom is -0.489 e. The fourth-order valence-electron chi connectivity index (χ4n) is 5.23. The SMILES string of the molecule is [C-]#[N+]c1ccc(N[C@H]2C(=O)N(C)Cc3cc(ccc3OC(F)F)NC(=O)C[C@@H](C)c3cc2ccc3OCc2ccccc2)cc1. The van der Waals surface area contributed by atoms with Gasteiger partial charge in [-0.2, -0.15) is 8.78 Å². The lowest BCUT2D eigenvalue weighted by Gasteiger charge is -2.28.